The van der Waals surface area contributed by atoms with Gasteiger partial charge in [-0.1, -0.05) is 11.6 Å². The molecule has 0 heterocycles. The molecule has 23 heavy (non-hydrogen) atoms. The number of Topliss-reactive ketones (excluding diaryl/α,β-unsaturated/α-hetero) is 1. The van der Waals surface area contributed by atoms with Gasteiger partial charge in [-0.2, -0.15) is 0 Å². The summed E-state index contributed by atoms with van der Waals surface area (Å²) < 4.78 is 10.7. The minimum absolute atomic E-state index is 0.232. The van der Waals surface area contributed by atoms with Crippen LogP contribution < -0.4 is 10.5 Å². The predicted octanol–water partition coefficient (Wildman–Crippen LogP) is 3.73. The Labute approximate surface area is 146 Å². The molecule has 0 aliphatic rings. The monoisotopic (exact) mass is 397 g/mol. The van der Waals surface area contributed by atoms with Crippen LogP contribution in [0.4, 0.5) is 5.69 Å². The molecule has 0 atom stereocenters. The number of benzene rings is 2. The fourth-order valence-corrected chi connectivity index (χ4v) is 2.47. The van der Waals surface area contributed by atoms with Crippen LogP contribution in [-0.4, -0.2) is 25.5 Å². The molecule has 0 saturated carbocycles. The summed E-state index contributed by atoms with van der Waals surface area (Å²) in [7, 11) is 1.53. The molecule has 0 amide bonds. The number of rotatable bonds is 5. The van der Waals surface area contributed by atoms with E-state index in [-0.39, 0.29) is 23.6 Å². The van der Waals surface area contributed by atoms with Gasteiger partial charge < -0.3 is 15.2 Å². The second-order valence-electron chi connectivity index (χ2n) is 4.58. The lowest BCUT2D eigenvalue weighted by Gasteiger charge is -2.07. The lowest BCUT2D eigenvalue weighted by atomic mass is 10.1. The van der Waals surface area contributed by atoms with Gasteiger partial charge in [-0.25, -0.2) is 4.79 Å². The van der Waals surface area contributed by atoms with Gasteiger partial charge in [0.1, 0.15) is 5.75 Å². The summed E-state index contributed by atoms with van der Waals surface area (Å²) in [4.78, 5) is 24.0. The average molecular weight is 399 g/mol. The van der Waals surface area contributed by atoms with Gasteiger partial charge in [0, 0.05) is 5.56 Å². The maximum atomic E-state index is 12.1. The molecule has 0 radical (unpaired) electrons. The topological polar surface area (TPSA) is 78.6 Å². The zero-order valence-corrected chi connectivity index (χ0v) is 14.5. The quantitative estimate of drug-likeness (QED) is 0.471. The molecule has 0 bridgehead atoms. The normalized spacial score (nSPS) is 10.2. The van der Waals surface area contributed by atoms with Gasteiger partial charge in [-0.3, -0.25) is 4.79 Å². The molecule has 0 aliphatic heterocycles. The van der Waals surface area contributed by atoms with Gasteiger partial charge in [0.2, 0.25) is 0 Å². The third kappa shape index (κ3) is 4.24. The van der Waals surface area contributed by atoms with Crippen molar-refractivity contribution in [1.82, 2.24) is 0 Å². The lowest BCUT2D eigenvalue weighted by Crippen LogP contribution is -2.14. The Morgan fingerprint density at radius 2 is 1.87 bits per heavy atom. The Hall–Kier alpha value is -2.05. The molecule has 7 heteroatoms. The average Bonchev–Trinajstić information content (AvgIpc) is 2.54. The molecule has 2 aromatic rings. The molecule has 2 rings (SSSR count). The van der Waals surface area contributed by atoms with Crippen LogP contribution in [-0.2, 0) is 4.74 Å². The summed E-state index contributed by atoms with van der Waals surface area (Å²) in [6.45, 7) is -0.375. The molecule has 0 fully saturated rings. The van der Waals surface area contributed by atoms with Gasteiger partial charge in [0.25, 0.3) is 0 Å². The van der Waals surface area contributed by atoms with E-state index in [2.05, 4.69) is 15.9 Å². The number of methoxy groups -OCH3 is 1. The molecule has 2 N–H and O–H groups in total. The second kappa shape index (κ2) is 7.48. The number of anilines is 1. The molecule has 5 nitrogen and oxygen atoms in total. The number of hydrogen-bond donors (Lipinski definition) is 1. The third-order valence-corrected chi connectivity index (χ3v) is 4.00. The van der Waals surface area contributed by atoms with Crippen LogP contribution in [0.3, 0.4) is 0 Å². The number of ether oxygens (including phenoxy) is 2. The second-order valence-corrected chi connectivity index (χ2v) is 5.85. The number of ketones is 1. The molecule has 0 aliphatic carbocycles. The Balaban J connectivity index is 2.02. The Kier molecular flexibility index (Phi) is 5.63. The van der Waals surface area contributed by atoms with Crippen LogP contribution in [0.5, 0.6) is 5.75 Å². The van der Waals surface area contributed by atoms with Crippen LogP contribution in [0.1, 0.15) is 20.7 Å². The van der Waals surface area contributed by atoms with E-state index in [1.165, 1.54) is 25.3 Å². The van der Waals surface area contributed by atoms with Crippen LogP contribution in [0.25, 0.3) is 0 Å². The van der Waals surface area contributed by atoms with Crippen molar-refractivity contribution in [3.8, 4) is 5.75 Å². The fourth-order valence-electron chi connectivity index (χ4n) is 1.81. The first-order chi connectivity index (χ1) is 10.9. The highest BCUT2D eigenvalue weighted by atomic mass is 79.9. The summed E-state index contributed by atoms with van der Waals surface area (Å²) in [5.74, 6) is -0.367. The lowest BCUT2D eigenvalue weighted by molar-refractivity contribution is 0.0475. The first kappa shape index (κ1) is 17.3. The minimum Gasteiger partial charge on any atom is -0.496 e. The van der Waals surface area contributed by atoms with Crippen molar-refractivity contribution in [3.63, 3.8) is 0 Å². The minimum atomic E-state index is -0.644. The smallest absolute Gasteiger partial charge is 0.338 e. The number of nitrogen functional groups attached to an aromatic ring is 1. The number of esters is 1. The zero-order valence-electron chi connectivity index (χ0n) is 12.1. The van der Waals surface area contributed by atoms with E-state index in [4.69, 9.17) is 26.8 Å². The van der Waals surface area contributed by atoms with Crippen molar-refractivity contribution in [3.05, 3.63) is 57.0 Å². The molecular weight excluding hydrogens is 386 g/mol. The first-order valence-electron chi connectivity index (χ1n) is 6.51. The molecular formula is C16H13BrClNO4. The maximum absolute atomic E-state index is 12.1. The Morgan fingerprint density at radius 1 is 1.17 bits per heavy atom. The van der Waals surface area contributed by atoms with Gasteiger partial charge in [0.15, 0.2) is 12.4 Å². The Morgan fingerprint density at radius 3 is 2.48 bits per heavy atom. The first-order valence-corrected chi connectivity index (χ1v) is 7.68. The fraction of sp³-hybridized carbons (Fsp3) is 0.125. The van der Waals surface area contributed by atoms with E-state index in [0.29, 0.717) is 20.8 Å². The number of halogens is 2. The standard InChI is InChI=1S/C16H13BrClNO4/c1-22-15-5-3-9(6-11(15)17)14(20)8-23-16(21)10-2-4-12(18)13(19)7-10/h2-7H,8,19H2,1H3. The highest BCUT2D eigenvalue weighted by Gasteiger charge is 2.14. The van der Waals surface area contributed by atoms with Crippen LogP contribution in [0, 0.1) is 0 Å². The van der Waals surface area contributed by atoms with Crippen molar-refractivity contribution in [2.45, 2.75) is 0 Å². The summed E-state index contributed by atoms with van der Waals surface area (Å²) in [6, 6.07) is 9.23. The summed E-state index contributed by atoms with van der Waals surface area (Å²) in [5.41, 5.74) is 6.53. The Bertz CT molecular complexity index is 764. The van der Waals surface area contributed by atoms with E-state index in [9.17, 15) is 9.59 Å². The summed E-state index contributed by atoms with van der Waals surface area (Å²) >= 11 is 9.08. The van der Waals surface area contributed by atoms with E-state index in [1.54, 1.807) is 18.2 Å². The predicted molar refractivity (Wildman–Crippen MR) is 91.2 cm³/mol. The van der Waals surface area contributed by atoms with Gasteiger partial charge in [0.05, 0.1) is 27.9 Å². The highest BCUT2D eigenvalue weighted by molar-refractivity contribution is 9.10. The van der Waals surface area contributed by atoms with Gasteiger partial charge in [-0.05, 0) is 52.3 Å². The van der Waals surface area contributed by atoms with Crippen molar-refractivity contribution >= 4 is 45.0 Å². The highest BCUT2D eigenvalue weighted by Crippen LogP contribution is 2.25. The van der Waals surface area contributed by atoms with Crippen molar-refractivity contribution < 1.29 is 19.1 Å². The summed E-state index contributed by atoms with van der Waals surface area (Å²) in [5, 5.41) is 0.348. The van der Waals surface area contributed by atoms with E-state index in [0.717, 1.165) is 0 Å². The van der Waals surface area contributed by atoms with Gasteiger partial charge in [-0.15, -0.1) is 0 Å². The van der Waals surface area contributed by atoms with Crippen molar-refractivity contribution in [1.29, 1.82) is 0 Å². The summed E-state index contributed by atoms with van der Waals surface area (Å²) in [6.07, 6.45) is 0. The maximum Gasteiger partial charge on any atom is 0.338 e. The van der Waals surface area contributed by atoms with E-state index < -0.39 is 5.97 Å². The number of nitrogens with two attached hydrogens (primary N) is 1. The number of hydrogen-bond acceptors (Lipinski definition) is 5. The van der Waals surface area contributed by atoms with Crippen molar-refractivity contribution in [2.75, 3.05) is 19.5 Å². The SMILES string of the molecule is COc1ccc(C(=O)COC(=O)c2ccc(Cl)c(N)c2)cc1Br. The number of carbonyl (C=O) groups is 2. The van der Waals surface area contributed by atoms with E-state index >= 15 is 0 Å². The largest absolute Gasteiger partial charge is 0.496 e. The van der Waals surface area contributed by atoms with Crippen molar-refractivity contribution in [2.24, 2.45) is 0 Å². The van der Waals surface area contributed by atoms with Crippen LogP contribution in [0.2, 0.25) is 5.02 Å². The molecule has 0 spiro atoms. The van der Waals surface area contributed by atoms with E-state index in [1.807, 2.05) is 0 Å². The van der Waals surface area contributed by atoms with Gasteiger partial charge >= 0.3 is 5.97 Å². The third-order valence-electron chi connectivity index (χ3n) is 3.04. The molecule has 120 valence electrons. The van der Waals surface area contributed by atoms with Crippen LogP contribution in [0.15, 0.2) is 40.9 Å². The van der Waals surface area contributed by atoms with Crippen LogP contribution >= 0.6 is 27.5 Å². The molecule has 0 aromatic heterocycles. The molecule has 0 unspecified atom stereocenters. The molecule has 2 aromatic carbocycles. The molecule has 0 saturated heterocycles. The zero-order chi connectivity index (χ0) is 17.0. The number of carbonyl (C=O) groups excluding carboxylic acids is 2.